The van der Waals surface area contributed by atoms with E-state index in [4.69, 9.17) is 15.2 Å². The molecular formula is C25H38N4O3. The summed E-state index contributed by atoms with van der Waals surface area (Å²) in [4.78, 5) is 12.8. The number of rotatable bonds is 10. The molecule has 1 heterocycles. The summed E-state index contributed by atoms with van der Waals surface area (Å²) in [5.41, 5.74) is 7.87. The van der Waals surface area contributed by atoms with E-state index in [-0.39, 0.29) is 5.91 Å². The zero-order valence-corrected chi connectivity index (χ0v) is 19.9. The van der Waals surface area contributed by atoms with E-state index in [0.717, 1.165) is 17.7 Å². The van der Waals surface area contributed by atoms with E-state index in [1.807, 2.05) is 28.9 Å². The van der Waals surface area contributed by atoms with Crippen molar-refractivity contribution in [2.24, 2.45) is 17.6 Å². The molecule has 3 rings (SSSR count). The summed E-state index contributed by atoms with van der Waals surface area (Å²) < 4.78 is 13.1. The van der Waals surface area contributed by atoms with Crippen molar-refractivity contribution in [1.29, 1.82) is 0 Å². The van der Waals surface area contributed by atoms with E-state index in [1.165, 1.54) is 32.1 Å². The Morgan fingerprint density at radius 2 is 1.84 bits per heavy atom. The van der Waals surface area contributed by atoms with Crippen LogP contribution in [-0.4, -0.2) is 35.9 Å². The summed E-state index contributed by atoms with van der Waals surface area (Å²) in [6, 6.07) is 7.01. The number of benzene rings is 1. The van der Waals surface area contributed by atoms with Gasteiger partial charge in [-0.25, -0.2) is 0 Å². The van der Waals surface area contributed by atoms with Gasteiger partial charge in [-0.1, -0.05) is 52.0 Å². The van der Waals surface area contributed by atoms with Crippen LogP contribution in [0.15, 0.2) is 24.3 Å². The molecule has 0 spiro atoms. The predicted molar refractivity (Wildman–Crippen MR) is 128 cm³/mol. The van der Waals surface area contributed by atoms with Gasteiger partial charge in [-0.3, -0.25) is 9.48 Å². The van der Waals surface area contributed by atoms with E-state index in [1.54, 1.807) is 14.2 Å². The van der Waals surface area contributed by atoms with Crippen molar-refractivity contribution in [2.75, 3.05) is 19.5 Å². The first-order valence-electron chi connectivity index (χ1n) is 11.8. The Labute approximate surface area is 191 Å². The normalized spacial score (nSPS) is 15.6. The zero-order chi connectivity index (χ0) is 23.1. The maximum absolute atomic E-state index is 12.8. The highest BCUT2D eigenvalue weighted by atomic mass is 16.5. The van der Waals surface area contributed by atoms with Gasteiger partial charge < -0.3 is 20.5 Å². The molecule has 2 aromatic rings. The number of carbonyl (C=O) groups excluding carboxylic acids is 1. The third kappa shape index (κ3) is 6.03. The Bertz CT molecular complexity index is 865. The molecule has 1 aromatic heterocycles. The summed E-state index contributed by atoms with van der Waals surface area (Å²) in [6.45, 7) is 4.95. The van der Waals surface area contributed by atoms with E-state index in [9.17, 15) is 4.79 Å². The number of amides is 1. The number of aromatic nitrogens is 2. The van der Waals surface area contributed by atoms with Crippen molar-refractivity contribution >= 4 is 11.7 Å². The van der Waals surface area contributed by atoms with Crippen LogP contribution in [0.5, 0.6) is 11.5 Å². The fourth-order valence-corrected chi connectivity index (χ4v) is 4.51. The quantitative estimate of drug-likeness (QED) is 0.549. The van der Waals surface area contributed by atoms with Gasteiger partial charge in [-0.2, -0.15) is 5.10 Å². The smallest absolute Gasteiger partial charge is 0.242 e. The molecule has 1 atom stereocenters. The number of hydrogen-bond acceptors (Lipinski definition) is 5. The molecule has 0 saturated heterocycles. The molecule has 1 aromatic carbocycles. The van der Waals surface area contributed by atoms with Gasteiger partial charge >= 0.3 is 0 Å². The average molecular weight is 443 g/mol. The molecule has 0 radical (unpaired) electrons. The molecule has 0 unspecified atom stereocenters. The van der Waals surface area contributed by atoms with Crippen molar-refractivity contribution in [3.05, 3.63) is 24.3 Å². The summed E-state index contributed by atoms with van der Waals surface area (Å²) >= 11 is 0. The summed E-state index contributed by atoms with van der Waals surface area (Å²) in [5, 5.41) is 7.60. The number of ether oxygens (including phenoxy) is 2. The first-order valence-corrected chi connectivity index (χ1v) is 11.8. The lowest BCUT2D eigenvalue weighted by molar-refractivity contribution is -0.117. The van der Waals surface area contributed by atoms with Crippen LogP contribution in [0.2, 0.25) is 0 Å². The van der Waals surface area contributed by atoms with E-state index < -0.39 is 6.04 Å². The van der Waals surface area contributed by atoms with Crippen LogP contribution in [0.1, 0.15) is 58.8 Å². The molecule has 0 bridgehead atoms. The van der Waals surface area contributed by atoms with Crippen molar-refractivity contribution in [3.8, 4) is 22.8 Å². The van der Waals surface area contributed by atoms with Gasteiger partial charge in [0.2, 0.25) is 5.91 Å². The van der Waals surface area contributed by atoms with E-state index in [0.29, 0.717) is 42.1 Å². The molecule has 1 aliphatic rings. The lowest BCUT2D eigenvalue weighted by Crippen LogP contribution is -2.36. The number of carbonyl (C=O) groups is 1. The number of anilines is 1. The van der Waals surface area contributed by atoms with Gasteiger partial charge in [0.05, 0.1) is 31.5 Å². The number of methoxy groups -OCH3 is 2. The third-order valence-electron chi connectivity index (χ3n) is 6.20. The minimum Gasteiger partial charge on any atom is -0.496 e. The number of nitrogens with two attached hydrogens (primary N) is 1. The van der Waals surface area contributed by atoms with Crippen LogP contribution < -0.4 is 20.5 Å². The Balaban J connectivity index is 1.78. The second kappa shape index (κ2) is 11.4. The molecule has 1 fully saturated rings. The Morgan fingerprint density at radius 3 is 2.44 bits per heavy atom. The highest BCUT2D eigenvalue weighted by Gasteiger charge is 2.22. The average Bonchev–Trinajstić information content (AvgIpc) is 3.18. The van der Waals surface area contributed by atoms with Crippen LogP contribution >= 0.6 is 0 Å². The first kappa shape index (κ1) is 24.1. The van der Waals surface area contributed by atoms with E-state index >= 15 is 0 Å². The Morgan fingerprint density at radius 1 is 1.19 bits per heavy atom. The zero-order valence-electron chi connectivity index (χ0n) is 19.9. The monoisotopic (exact) mass is 442 g/mol. The van der Waals surface area contributed by atoms with Crippen LogP contribution in [0.25, 0.3) is 11.3 Å². The molecule has 7 heteroatoms. The van der Waals surface area contributed by atoms with Crippen LogP contribution in [0.4, 0.5) is 5.82 Å². The van der Waals surface area contributed by atoms with Gasteiger partial charge in [0.25, 0.3) is 0 Å². The highest BCUT2D eigenvalue weighted by Crippen LogP contribution is 2.39. The van der Waals surface area contributed by atoms with Gasteiger partial charge in [-0.05, 0) is 36.8 Å². The Kier molecular flexibility index (Phi) is 8.56. The summed E-state index contributed by atoms with van der Waals surface area (Å²) in [7, 11) is 3.27. The van der Waals surface area contributed by atoms with Gasteiger partial charge in [0.1, 0.15) is 11.5 Å². The fourth-order valence-electron chi connectivity index (χ4n) is 4.51. The first-order chi connectivity index (χ1) is 15.4. The van der Waals surface area contributed by atoms with Crippen LogP contribution in [0.3, 0.4) is 0 Å². The van der Waals surface area contributed by atoms with Gasteiger partial charge in [0, 0.05) is 12.6 Å². The predicted octanol–water partition coefficient (Wildman–Crippen LogP) is 4.85. The summed E-state index contributed by atoms with van der Waals surface area (Å²) in [5.74, 6) is 2.76. The van der Waals surface area contributed by atoms with Crippen molar-refractivity contribution < 1.29 is 14.3 Å². The molecule has 1 amide bonds. The minimum absolute atomic E-state index is 0.187. The highest BCUT2D eigenvalue weighted by molar-refractivity contribution is 5.94. The molecule has 3 N–H and O–H groups in total. The fraction of sp³-hybridized carbons (Fsp3) is 0.600. The summed E-state index contributed by atoms with van der Waals surface area (Å²) in [6.07, 6.45) is 8.18. The second-order valence-electron chi connectivity index (χ2n) is 9.21. The largest absolute Gasteiger partial charge is 0.496 e. The van der Waals surface area contributed by atoms with Crippen LogP contribution in [0, 0.1) is 11.8 Å². The molecule has 0 aliphatic heterocycles. The van der Waals surface area contributed by atoms with Crippen molar-refractivity contribution in [1.82, 2.24) is 9.78 Å². The molecule has 32 heavy (non-hydrogen) atoms. The number of nitrogens with one attached hydrogen (secondary N) is 1. The topological polar surface area (TPSA) is 91.4 Å². The minimum atomic E-state index is -0.531. The molecule has 176 valence electrons. The molecule has 7 nitrogen and oxygen atoms in total. The molecular weight excluding hydrogens is 404 g/mol. The Hall–Kier alpha value is -2.54. The number of hydrogen-bond donors (Lipinski definition) is 2. The SMILES string of the molecule is COc1cccc(OC)c1-c1cc(NC(=O)[C@H](N)CCC2CCCCC2)nn1CC(C)C. The molecule has 1 saturated carbocycles. The lowest BCUT2D eigenvalue weighted by Gasteiger charge is -2.22. The molecule has 1 aliphatic carbocycles. The third-order valence-corrected chi connectivity index (χ3v) is 6.20. The number of nitrogens with zero attached hydrogens (tertiary/aromatic N) is 2. The maximum atomic E-state index is 12.8. The van der Waals surface area contributed by atoms with Gasteiger partial charge in [-0.15, -0.1) is 0 Å². The van der Waals surface area contributed by atoms with Crippen molar-refractivity contribution in [2.45, 2.75) is 71.4 Å². The van der Waals surface area contributed by atoms with Gasteiger partial charge in [0.15, 0.2) is 5.82 Å². The van der Waals surface area contributed by atoms with Crippen LogP contribution in [-0.2, 0) is 11.3 Å². The maximum Gasteiger partial charge on any atom is 0.242 e. The van der Waals surface area contributed by atoms with E-state index in [2.05, 4.69) is 24.3 Å². The second-order valence-corrected chi connectivity index (χ2v) is 9.21. The van der Waals surface area contributed by atoms with Crippen molar-refractivity contribution in [3.63, 3.8) is 0 Å². The standard InChI is InChI=1S/C25H38N4O3/c1-17(2)16-29-20(24-21(31-3)11-8-12-22(24)32-4)15-23(28-29)27-25(30)19(26)14-13-18-9-6-5-7-10-18/h8,11-12,15,17-19H,5-7,9-10,13-14,16,26H2,1-4H3,(H,27,28,30)/t19-/m1/s1. The lowest BCUT2D eigenvalue weighted by atomic mass is 9.85.